The van der Waals surface area contributed by atoms with Crippen molar-refractivity contribution < 1.29 is 5.11 Å². The number of likely N-dealkylation sites (tertiary alicyclic amines) is 2. The van der Waals surface area contributed by atoms with Crippen molar-refractivity contribution in [3.8, 4) is 0 Å². The van der Waals surface area contributed by atoms with Gasteiger partial charge in [0.15, 0.2) is 0 Å². The van der Waals surface area contributed by atoms with E-state index in [0.717, 1.165) is 32.0 Å². The summed E-state index contributed by atoms with van der Waals surface area (Å²) >= 11 is 0. The van der Waals surface area contributed by atoms with E-state index < -0.39 is 0 Å². The lowest BCUT2D eigenvalue weighted by Gasteiger charge is -2.55. The van der Waals surface area contributed by atoms with Gasteiger partial charge >= 0.3 is 0 Å². The molecule has 0 aliphatic carbocycles. The molecule has 1 N–H and O–H groups in total. The van der Waals surface area contributed by atoms with E-state index in [1.54, 1.807) is 0 Å². The molecule has 2 fully saturated rings. The van der Waals surface area contributed by atoms with Gasteiger partial charge in [-0.25, -0.2) is 0 Å². The third-order valence-corrected chi connectivity index (χ3v) is 5.98. The molecule has 0 saturated carbocycles. The minimum Gasteiger partial charge on any atom is -0.396 e. The zero-order valence-corrected chi connectivity index (χ0v) is 14.4. The van der Waals surface area contributed by atoms with Gasteiger partial charge in [-0.3, -0.25) is 9.80 Å². The fourth-order valence-corrected chi connectivity index (χ4v) is 3.70. The number of hydrogen-bond donors (Lipinski definition) is 1. The summed E-state index contributed by atoms with van der Waals surface area (Å²) in [7, 11) is 0. The molecule has 118 valence electrons. The average molecular weight is 282 g/mol. The first-order chi connectivity index (χ1) is 9.09. The lowest BCUT2D eigenvalue weighted by Crippen LogP contribution is -2.66. The third-order valence-electron chi connectivity index (χ3n) is 5.98. The van der Waals surface area contributed by atoms with E-state index in [1.807, 2.05) is 0 Å². The second kappa shape index (κ2) is 5.26. The lowest BCUT2D eigenvalue weighted by atomic mass is 9.62. The number of aliphatic hydroxyl groups is 1. The lowest BCUT2D eigenvalue weighted by molar-refractivity contribution is -0.0805. The minimum absolute atomic E-state index is 0.122. The van der Waals surface area contributed by atoms with Crippen LogP contribution < -0.4 is 0 Å². The maximum absolute atomic E-state index is 9.90. The number of hydrogen-bond acceptors (Lipinski definition) is 3. The molecule has 0 spiro atoms. The summed E-state index contributed by atoms with van der Waals surface area (Å²) in [5.74, 6) is 0. The van der Waals surface area contributed by atoms with Gasteiger partial charge in [-0.2, -0.15) is 0 Å². The van der Waals surface area contributed by atoms with Crippen molar-refractivity contribution in [2.75, 3.05) is 32.8 Å². The van der Waals surface area contributed by atoms with Gasteiger partial charge in [0.25, 0.3) is 0 Å². The molecule has 0 atom stereocenters. The molecule has 0 amide bonds. The van der Waals surface area contributed by atoms with Crippen LogP contribution in [0.25, 0.3) is 0 Å². The summed E-state index contributed by atoms with van der Waals surface area (Å²) in [6.07, 6.45) is 2.28. The zero-order chi connectivity index (χ0) is 15.2. The molecule has 3 nitrogen and oxygen atoms in total. The predicted molar refractivity (Wildman–Crippen MR) is 84.9 cm³/mol. The van der Waals surface area contributed by atoms with Crippen LogP contribution in [0.4, 0.5) is 0 Å². The molecule has 20 heavy (non-hydrogen) atoms. The standard InChI is InChI=1S/C17H34N2O/c1-15(2,3)17(13-20)7-9-18(10-8-17)14-11-19(12-14)16(4,5)6/h14,20H,7-13H2,1-6H3. The predicted octanol–water partition coefficient (Wildman–Crippen LogP) is 2.59. The van der Waals surface area contributed by atoms with E-state index in [9.17, 15) is 5.11 Å². The first kappa shape index (κ1) is 16.3. The van der Waals surface area contributed by atoms with Gasteiger partial charge in [-0.1, -0.05) is 20.8 Å². The van der Waals surface area contributed by atoms with Gasteiger partial charge in [0.05, 0.1) is 0 Å². The Hall–Kier alpha value is -0.120. The fourth-order valence-electron chi connectivity index (χ4n) is 3.70. The van der Waals surface area contributed by atoms with Gasteiger partial charge in [-0.15, -0.1) is 0 Å². The van der Waals surface area contributed by atoms with Crippen LogP contribution in [0.5, 0.6) is 0 Å². The summed E-state index contributed by atoms with van der Waals surface area (Å²) in [6.45, 7) is 18.8. The van der Waals surface area contributed by atoms with Gasteiger partial charge in [0.1, 0.15) is 0 Å². The van der Waals surface area contributed by atoms with Crippen LogP contribution in [0.3, 0.4) is 0 Å². The molecule has 0 bridgehead atoms. The Labute approximate surface area is 125 Å². The first-order valence-electron chi connectivity index (χ1n) is 8.19. The third kappa shape index (κ3) is 2.90. The highest BCUT2D eigenvalue weighted by Gasteiger charge is 2.46. The van der Waals surface area contributed by atoms with Crippen molar-refractivity contribution in [3.05, 3.63) is 0 Å². The molecule has 2 heterocycles. The maximum Gasteiger partial charge on any atom is 0.0493 e. The van der Waals surface area contributed by atoms with Crippen LogP contribution >= 0.6 is 0 Å². The minimum atomic E-state index is 0.122. The van der Waals surface area contributed by atoms with E-state index in [4.69, 9.17) is 0 Å². The van der Waals surface area contributed by atoms with Crippen molar-refractivity contribution >= 4 is 0 Å². The van der Waals surface area contributed by atoms with Crippen molar-refractivity contribution in [3.63, 3.8) is 0 Å². The first-order valence-corrected chi connectivity index (χ1v) is 8.19. The normalized spacial score (nSPS) is 26.6. The van der Waals surface area contributed by atoms with Crippen LogP contribution in [0, 0.1) is 10.8 Å². The van der Waals surface area contributed by atoms with E-state index in [1.165, 1.54) is 13.1 Å². The van der Waals surface area contributed by atoms with Crippen LogP contribution in [-0.4, -0.2) is 59.3 Å². The maximum atomic E-state index is 9.90. The Kier molecular flexibility index (Phi) is 4.27. The van der Waals surface area contributed by atoms with Gasteiger partial charge in [-0.05, 0) is 52.1 Å². The van der Waals surface area contributed by atoms with Gasteiger partial charge in [0.2, 0.25) is 0 Å². The van der Waals surface area contributed by atoms with E-state index >= 15 is 0 Å². The monoisotopic (exact) mass is 282 g/mol. The van der Waals surface area contributed by atoms with E-state index in [2.05, 4.69) is 51.3 Å². The molecule has 2 aliphatic heterocycles. The molecule has 2 aliphatic rings. The largest absolute Gasteiger partial charge is 0.396 e. The fraction of sp³-hybridized carbons (Fsp3) is 1.00. The molecular weight excluding hydrogens is 248 g/mol. The van der Waals surface area contributed by atoms with Crippen LogP contribution in [0.1, 0.15) is 54.4 Å². The summed E-state index contributed by atoms with van der Waals surface area (Å²) in [6, 6.07) is 0.742. The van der Waals surface area contributed by atoms with Gasteiger partial charge < -0.3 is 5.11 Å². The Morgan fingerprint density at radius 2 is 1.50 bits per heavy atom. The smallest absolute Gasteiger partial charge is 0.0493 e. The highest BCUT2D eigenvalue weighted by atomic mass is 16.3. The van der Waals surface area contributed by atoms with Crippen LogP contribution in [0.2, 0.25) is 0 Å². The number of nitrogens with zero attached hydrogens (tertiary/aromatic N) is 2. The highest BCUT2D eigenvalue weighted by Crippen LogP contribution is 2.47. The number of rotatable bonds is 2. The van der Waals surface area contributed by atoms with Crippen LogP contribution in [0.15, 0.2) is 0 Å². The van der Waals surface area contributed by atoms with Crippen LogP contribution in [-0.2, 0) is 0 Å². The molecule has 2 saturated heterocycles. The topological polar surface area (TPSA) is 26.7 Å². The zero-order valence-electron chi connectivity index (χ0n) is 14.4. The molecule has 0 aromatic carbocycles. The quantitative estimate of drug-likeness (QED) is 0.843. The van der Waals surface area contributed by atoms with Crippen molar-refractivity contribution in [2.45, 2.75) is 66.0 Å². The SMILES string of the molecule is CC(C)(C)N1CC(N2CCC(CO)(C(C)(C)C)CC2)C1. The second-order valence-electron chi connectivity index (χ2n) is 8.95. The van der Waals surface area contributed by atoms with Crippen molar-refractivity contribution in [2.24, 2.45) is 10.8 Å². The van der Waals surface area contributed by atoms with Gasteiger partial charge in [0, 0.05) is 36.7 Å². The molecule has 0 radical (unpaired) electrons. The second-order valence-corrected chi connectivity index (χ2v) is 8.95. The average Bonchev–Trinajstić information content (AvgIpc) is 2.24. The number of aliphatic hydroxyl groups excluding tert-OH is 1. The van der Waals surface area contributed by atoms with E-state index in [-0.39, 0.29) is 10.8 Å². The number of piperidine rings is 1. The Morgan fingerprint density at radius 1 is 1.00 bits per heavy atom. The summed E-state index contributed by atoms with van der Waals surface area (Å²) < 4.78 is 0. The molecular formula is C17H34N2O. The van der Waals surface area contributed by atoms with Crippen molar-refractivity contribution in [1.82, 2.24) is 9.80 Å². The molecule has 3 heteroatoms. The highest BCUT2D eigenvalue weighted by molar-refractivity contribution is 4.99. The molecule has 2 rings (SSSR count). The van der Waals surface area contributed by atoms with E-state index in [0.29, 0.717) is 12.1 Å². The Bertz CT molecular complexity index is 326. The summed E-state index contributed by atoms with van der Waals surface area (Å²) in [4.78, 5) is 5.22. The summed E-state index contributed by atoms with van der Waals surface area (Å²) in [5.41, 5.74) is 0.633. The Morgan fingerprint density at radius 3 is 1.85 bits per heavy atom. The Balaban J connectivity index is 1.87. The molecule has 0 aromatic rings. The molecule has 0 unspecified atom stereocenters. The summed E-state index contributed by atoms with van der Waals surface area (Å²) in [5, 5.41) is 9.90. The van der Waals surface area contributed by atoms with Crippen molar-refractivity contribution in [1.29, 1.82) is 0 Å². The molecule has 0 aromatic heterocycles.